The van der Waals surface area contributed by atoms with Gasteiger partial charge < -0.3 is 4.42 Å². The largest absolute Gasteiger partial charge is 0.456 e. The van der Waals surface area contributed by atoms with Crippen LogP contribution in [0.2, 0.25) is 0 Å². The molecule has 0 aliphatic heterocycles. The Balaban J connectivity index is 1.05. The zero-order valence-electron chi connectivity index (χ0n) is 34.1. The van der Waals surface area contributed by atoms with Crippen LogP contribution in [0.4, 0.5) is 0 Å². The number of para-hydroxylation sites is 1. The van der Waals surface area contributed by atoms with Gasteiger partial charge in [-0.1, -0.05) is 194 Å². The van der Waals surface area contributed by atoms with Gasteiger partial charge in [0.15, 0.2) is 17.5 Å². The number of furan rings is 1. The lowest BCUT2D eigenvalue weighted by molar-refractivity contribution is 0.669. The van der Waals surface area contributed by atoms with Gasteiger partial charge in [0.2, 0.25) is 0 Å². The van der Waals surface area contributed by atoms with Crippen molar-refractivity contribution in [1.29, 1.82) is 0 Å². The number of benzene rings is 10. The molecule has 0 N–H and O–H groups in total. The van der Waals surface area contributed by atoms with Crippen molar-refractivity contribution in [3.8, 4) is 78.7 Å². The predicted octanol–water partition coefficient (Wildman–Crippen LogP) is 15.7. The van der Waals surface area contributed by atoms with Gasteiger partial charge in [-0.2, -0.15) is 0 Å². The fourth-order valence-corrected chi connectivity index (χ4v) is 8.99. The zero-order valence-corrected chi connectivity index (χ0v) is 34.1. The smallest absolute Gasteiger partial charge is 0.165 e. The third-order valence-corrected chi connectivity index (χ3v) is 12.2. The Kier molecular flexibility index (Phi) is 8.79. The lowest BCUT2D eigenvalue weighted by atomic mass is 9.92. The molecule has 12 aromatic rings. The molecule has 4 heteroatoms. The van der Waals surface area contributed by atoms with Crippen LogP contribution in [0.25, 0.3) is 122 Å². The Morgan fingerprint density at radius 2 is 0.825 bits per heavy atom. The van der Waals surface area contributed by atoms with E-state index in [0.29, 0.717) is 17.5 Å². The molecule has 0 radical (unpaired) electrons. The second kappa shape index (κ2) is 15.2. The summed E-state index contributed by atoms with van der Waals surface area (Å²) in [6.07, 6.45) is 0. The summed E-state index contributed by atoms with van der Waals surface area (Å²) in [4.78, 5) is 16.0. The van der Waals surface area contributed by atoms with Gasteiger partial charge in [0, 0.05) is 27.5 Å². The highest BCUT2D eigenvalue weighted by molar-refractivity contribution is 6.15. The average Bonchev–Trinajstić information content (AvgIpc) is 3.75. The second-order valence-corrected chi connectivity index (χ2v) is 16.0. The van der Waals surface area contributed by atoms with Crippen LogP contribution < -0.4 is 0 Å². The normalized spacial score (nSPS) is 11.5. The van der Waals surface area contributed by atoms with Crippen molar-refractivity contribution in [3.05, 3.63) is 224 Å². The minimum Gasteiger partial charge on any atom is -0.456 e. The van der Waals surface area contributed by atoms with Crippen molar-refractivity contribution in [3.63, 3.8) is 0 Å². The van der Waals surface area contributed by atoms with Gasteiger partial charge in [0.1, 0.15) is 11.2 Å². The van der Waals surface area contributed by atoms with Gasteiger partial charge in [-0.25, -0.2) is 15.0 Å². The summed E-state index contributed by atoms with van der Waals surface area (Å²) < 4.78 is 6.54. The quantitative estimate of drug-likeness (QED) is 0.161. The van der Waals surface area contributed by atoms with E-state index >= 15 is 0 Å². The minimum absolute atomic E-state index is 0.575. The number of hydrogen-bond acceptors (Lipinski definition) is 4. The van der Waals surface area contributed by atoms with Crippen molar-refractivity contribution < 1.29 is 4.42 Å². The summed E-state index contributed by atoms with van der Waals surface area (Å²) in [6, 6.07) is 78.9. The highest BCUT2D eigenvalue weighted by atomic mass is 16.3. The molecule has 0 atom stereocenters. The number of nitrogens with zero attached hydrogens (tertiary/aromatic N) is 3. The highest BCUT2D eigenvalue weighted by Gasteiger charge is 2.22. The van der Waals surface area contributed by atoms with Gasteiger partial charge >= 0.3 is 0 Å². The lowest BCUT2D eigenvalue weighted by Gasteiger charge is -2.15. The van der Waals surface area contributed by atoms with E-state index in [0.717, 1.165) is 77.2 Å². The Hall–Kier alpha value is -8.47. The summed E-state index contributed by atoms with van der Waals surface area (Å²) in [5.41, 5.74) is 13.3. The molecule has 0 saturated heterocycles. The maximum Gasteiger partial charge on any atom is 0.165 e. The van der Waals surface area contributed by atoms with E-state index in [1.165, 1.54) is 27.5 Å². The molecule has 0 aliphatic carbocycles. The van der Waals surface area contributed by atoms with E-state index in [-0.39, 0.29) is 0 Å². The van der Waals surface area contributed by atoms with Gasteiger partial charge in [0.25, 0.3) is 0 Å². The Labute approximate surface area is 364 Å². The summed E-state index contributed by atoms with van der Waals surface area (Å²) in [5.74, 6) is 1.77. The van der Waals surface area contributed by atoms with Crippen LogP contribution in [0.5, 0.6) is 0 Å². The first-order valence-electron chi connectivity index (χ1n) is 21.2. The van der Waals surface area contributed by atoms with Gasteiger partial charge in [-0.05, 0) is 96.4 Å². The fourth-order valence-electron chi connectivity index (χ4n) is 8.99. The van der Waals surface area contributed by atoms with Crippen LogP contribution in [0, 0.1) is 0 Å². The first-order chi connectivity index (χ1) is 31.2. The molecule has 63 heavy (non-hydrogen) atoms. The van der Waals surface area contributed by atoms with Crippen molar-refractivity contribution in [1.82, 2.24) is 15.0 Å². The van der Waals surface area contributed by atoms with Crippen molar-refractivity contribution in [2.24, 2.45) is 0 Å². The monoisotopic (exact) mass is 803 g/mol. The number of aromatic nitrogens is 3. The molecule has 0 amide bonds. The molecule has 2 heterocycles. The number of rotatable bonds is 7. The van der Waals surface area contributed by atoms with E-state index in [1.807, 2.05) is 18.2 Å². The molecular weight excluding hydrogens is 767 g/mol. The average molecular weight is 804 g/mol. The molecule has 4 nitrogen and oxygen atoms in total. The third kappa shape index (κ3) is 6.62. The molecule has 2 aromatic heterocycles. The summed E-state index contributed by atoms with van der Waals surface area (Å²) in [7, 11) is 0. The van der Waals surface area contributed by atoms with Gasteiger partial charge in [-0.3, -0.25) is 0 Å². The van der Waals surface area contributed by atoms with Crippen LogP contribution in [0.15, 0.2) is 229 Å². The first kappa shape index (κ1) is 36.4. The van der Waals surface area contributed by atoms with E-state index < -0.39 is 0 Å². The molecule has 0 saturated carbocycles. The molecule has 0 spiro atoms. The molecule has 10 aromatic carbocycles. The third-order valence-electron chi connectivity index (χ3n) is 12.2. The van der Waals surface area contributed by atoms with E-state index in [2.05, 4.69) is 206 Å². The van der Waals surface area contributed by atoms with Crippen LogP contribution in [-0.4, -0.2) is 15.0 Å². The SMILES string of the molecule is c1ccc(-c2ccc(-c3cccc(-c4ccc5oc6ccccc6c5c4-c4nc(-c5ccc(-c6cccc7ccccc67)cc5)nc(-c5ccc6ccccc6c5)n4)c3)cc2)cc1. The number of hydrogen-bond donors (Lipinski definition) is 0. The molecule has 0 unspecified atom stereocenters. The van der Waals surface area contributed by atoms with Crippen LogP contribution in [0.1, 0.15) is 0 Å². The van der Waals surface area contributed by atoms with E-state index in [4.69, 9.17) is 19.4 Å². The highest BCUT2D eigenvalue weighted by Crippen LogP contribution is 2.43. The maximum absolute atomic E-state index is 6.54. The Morgan fingerprint density at radius 3 is 1.65 bits per heavy atom. The predicted molar refractivity (Wildman–Crippen MR) is 260 cm³/mol. The van der Waals surface area contributed by atoms with Gasteiger partial charge in [-0.15, -0.1) is 0 Å². The van der Waals surface area contributed by atoms with Crippen molar-refractivity contribution in [2.75, 3.05) is 0 Å². The summed E-state index contributed by atoms with van der Waals surface area (Å²) in [5, 5.41) is 6.68. The number of fused-ring (bicyclic) bond motifs is 5. The molecule has 0 bridgehead atoms. The van der Waals surface area contributed by atoms with Crippen molar-refractivity contribution >= 4 is 43.5 Å². The summed E-state index contributed by atoms with van der Waals surface area (Å²) in [6.45, 7) is 0. The van der Waals surface area contributed by atoms with Crippen molar-refractivity contribution in [2.45, 2.75) is 0 Å². The zero-order chi connectivity index (χ0) is 41.7. The first-order valence-corrected chi connectivity index (χ1v) is 21.2. The molecule has 12 rings (SSSR count). The van der Waals surface area contributed by atoms with Crippen LogP contribution >= 0.6 is 0 Å². The minimum atomic E-state index is 0.575. The van der Waals surface area contributed by atoms with E-state index in [9.17, 15) is 0 Å². The maximum atomic E-state index is 6.54. The summed E-state index contributed by atoms with van der Waals surface area (Å²) >= 11 is 0. The van der Waals surface area contributed by atoms with Crippen LogP contribution in [0.3, 0.4) is 0 Å². The second-order valence-electron chi connectivity index (χ2n) is 16.0. The molecule has 0 fully saturated rings. The molecular formula is C59H37N3O. The molecule has 294 valence electrons. The topological polar surface area (TPSA) is 51.8 Å². The van der Waals surface area contributed by atoms with Gasteiger partial charge in [0.05, 0.1) is 0 Å². The molecule has 0 aliphatic rings. The standard InChI is InChI=1S/C59H37N3O/c1-2-12-38(13-3-1)40-24-26-41(27-25-40)46-18-10-19-47(36-46)51-34-35-54-55(52-21-8-9-23-53(52)63-54)56(51)59-61-57(60-58(62-59)48-33-28-39-14-4-5-16-45(39)37-48)44-31-29-43(30-32-44)50-22-11-17-42-15-6-7-20-49(42)50/h1-37H. The Morgan fingerprint density at radius 1 is 0.270 bits per heavy atom. The van der Waals surface area contributed by atoms with E-state index in [1.54, 1.807) is 0 Å². The fraction of sp³-hybridized carbons (Fsp3) is 0. The Bertz CT molecular complexity index is 3660. The lowest BCUT2D eigenvalue weighted by Crippen LogP contribution is -2.01. The van der Waals surface area contributed by atoms with Crippen LogP contribution in [-0.2, 0) is 0 Å².